The Kier molecular flexibility index (Phi) is 3.99. The number of anilines is 2. The number of hydrogen-bond donors (Lipinski definition) is 2. The molecular formula is C13H20N6. The molecule has 0 aromatic carbocycles. The van der Waals surface area contributed by atoms with Crippen LogP contribution in [0.25, 0.3) is 0 Å². The van der Waals surface area contributed by atoms with Crippen molar-refractivity contribution < 1.29 is 0 Å². The van der Waals surface area contributed by atoms with Gasteiger partial charge in [0.05, 0.1) is 5.69 Å². The van der Waals surface area contributed by atoms with Gasteiger partial charge in [-0.25, -0.2) is 9.97 Å². The number of hydrogen-bond acceptors (Lipinski definition) is 5. The lowest BCUT2D eigenvalue weighted by Gasteiger charge is -2.14. The van der Waals surface area contributed by atoms with Crippen LogP contribution in [0.1, 0.15) is 31.0 Å². The molecule has 3 N–H and O–H groups in total. The van der Waals surface area contributed by atoms with Gasteiger partial charge in [-0.1, -0.05) is 13.8 Å². The number of nitrogen functional groups attached to an aromatic ring is 1. The molecule has 0 aliphatic rings. The fourth-order valence-electron chi connectivity index (χ4n) is 2.02. The first-order valence-corrected chi connectivity index (χ1v) is 6.40. The number of aromatic nitrogens is 4. The smallest absolute Gasteiger partial charge is 0.134 e. The zero-order chi connectivity index (χ0) is 13.8. The molecule has 19 heavy (non-hydrogen) atoms. The van der Waals surface area contributed by atoms with Gasteiger partial charge in [0.1, 0.15) is 18.0 Å². The minimum atomic E-state index is 0.290. The number of aryl methyl sites for hydroxylation is 1. The summed E-state index contributed by atoms with van der Waals surface area (Å²) in [7, 11) is 1.92. The van der Waals surface area contributed by atoms with Crippen molar-refractivity contribution in [2.45, 2.75) is 26.2 Å². The summed E-state index contributed by atoms with van der Waals surface area (Å²) in [6.45, 7) is 4.94. The van der Waals surface area contributed by atoms with Crippen molar-refractivity contribution in [1.29, 1.82) is 0 Å². The lowest BCUT2D eigenvalue weighted by Crippen LogP contribution is -2.12. The first-order chi connectivity index (χ1) is 9.08. The molecule has 0 bridgehead atoms. The maximum absolute atomic E-state index is 5.90. The van der Waals surface area contributed by atoms with E-state index in [1.807, 2.05) is 19.3 Å². The molecule has 6 heteroatoms. The maximum Gasteiger partial charge on any atom is 0.134 e. The molecule has 0 fully saturated rings. The third kappa shape index (κ3) is 3.21. The van der Waals surface area contributed by atoms with Gasteiger partial charge in [0.15, 0.2) is 0 Å². The highest BCUT2D eigenvalue weighted by Gasteiger charge is 2.12. The van der Waals surface area contributed by atoms with Crippen molar-refractivity contribution in [1.82, 2.24) is 19.7 Å². The summed E-state index contributed by atoms with van der Waals surface area (Å²) >= 11 is 0. The molecular weight excluding hydrogens is 240 g/mol. The Morgan fingerprint density at radius 1 is 1.37 bits per heavy atom. The largest absolute Gasteiger partial charge is 0.383 e. The van der Waals surface area contributed by atoms with Gasteiger partial charge in [-0.15, -0.1) is 0 Å². The van der Waals surface area contributed by atoms with Gasteiger partial charge in [0, 0.05) is 31.8 Å². The van der Waals surface area contributed by atoms with Crippen LogP contribution >= 0.6 is 0 Å². The second kappa shape index (κ2) is 5.69. The number of nitrogens with one attached hydrogen (secondary N) is 1. The van der Waals surface area contributed by atoms with E-state index in [0.717, 1.165) is 30.0 Å². The van der Waals surface area contributed by atoms with Crippen molar-refractivity contribution in [3.8, 4) is 0 Å². The Balaban J connectivity index is 2.01. The molecule has 102 valence electrons. The predicted octanol–water partition coefficient (Wildman–Crippen LogP) is 1.57. The molecule has 0 aliphatic carbocycles. The quantitative estimate of drug-likeness (QED) is 0.852. The lowest BCUT2D eigenvalue weighted by molar-refractivity contribution is 0.741. The van der Waals surface area contributed by atoms with E-state index < -0.39 is 0 Å². The standard InChI is InChI=1S/C13H20N6/c1-9(2)11-12(14)16-8-17-13(11)15-6-4-10-5-7-19(3)18-10/h5,7-9H,4,6H2,1-3H3,(H3,14,15,16,17). The van der Waals surface area contributed by atoms with Gasteiger partial charge in [-0.3, -0.25) is 4.68 Å². The lowest BCUT2D eigenvalue weighted by atomic mass is 10.0. The molecule has 0 aliphatic heterocycles. The van der Waals surface area contributed by atoms with E-state index in [1.54, 1.807) is 4.68 Å². The van der Waals surface area contributed by atoms with Gasteiger partial charge in [0.25, 0.3) is 0 Å². The van der Waals surface area contributed by atoms with Gasteiger partial charge >= 0.3 is 0 Å². The highest BCUT2D eigenvalue weighted by molar-refractivity contribution is 5.56. The van der Waals surface area contributed by atoms with Crippen molar-refractivity contribution >= 4 is 11.6 Å². The molecule has 0 saturated carbocycles. The molecule has 2 aromatic rings. The Morgan fingerprint density at radius 3 is 2.79 bits per heavy atom. The molecule has 6 nitrogen and oxygen atoms in total. The summed E-state index contributed by atoms with van der Waals surface area (Å²) < 4.78 is 1.80. The van der Waals surface area contributed by atoms with Crippen LogP contribution in [0.2, 0.25) is 0 Å². The van der Waals surface area contributed by atoms with Crippen LogP contribution in [0.15, 0.2) is 18.6 Å². The van der Waals surface area contributed by atoms with Crippen LogP contribution in [-0.2, 0) is 13.5 Å². The average Bonchev–Trinajstić information content (AvgIpc) is 2.74. The molecule has 0 saturated heterocycles. The molecule has 0 amide bonds. The second-order valence-corrected chi connectivity index (χ2v) is 4.83. The SMILES string of the molecule is CC(C)c1c(N)ncnc1NCCc1ccn(C)n1. The zero-order valence-corrected chi connectivity index (χ0v) is 11.6. The van der Waals surface area contributed by atoms with Gasteiger partial charge in [-0.2, -0.15) is 5.10 Å². The van der Waals surface area contributed by atoms with E-state index in [9.17, 15) is 0 Å². The number of rotatable bonds is 5. The molecule has 2 heterocycles. The summed E-state index contributed by atoms with van der Waals surface area (Å²) in [6, 6.07) is 2.01. The molecule has 0 unspecified atom stereocenters. The Morgan fingerprint density at radius 2 is 2.16 bits per heavy atom. The molecule has 0 spiro atoms. The van der Waals surface area contributed by atoms with Crippen molar-refractivity contribution in [2.75, 3.05) is 17.6 Å². The summed E-state index contributed by atoms with van der Waals surface area (Å²) in [5.41, 5.74) is 7.94. The van der Waals surface area contributed by atoms with Crippen LogP contribution in [0.3, 0.4) is 0 Å². The fraction of sp³-hybridized carbons (Fsp3) is 0.462. The Labute approximate surface area is 113 Å². The average molecular weight is 260 g/mol. The number of nitrogens with zero attached hydrogens (tertiary/aromatic N) is 4. The van der Waals surface area contributed by atoms with E-state index in [2.05, 4.69) is 34.2 Å². The summed E-state index contributed by atoms with van der Waals surface area (Å²) in [6.07, 6.45) is 4.28. The third-order valence-corrected chi connectivity index (χ3v) is 2.93. The second-order valence-electron chi connectivity index (χ2n) is 4.83. The minimum absolute atomic E-state index is 0.290. The van der Waals surface area contributed by atoms with Crippen molar-refractivity contribution in [3.63, 3.8) is 0 Å². The van der Waals surface area contributed by atoms with Crippen LogP contribution in [0.5, 0.6) is 0 Å². The van der Waals surface area contributed by atoms with Crippen LogP contribution in [0, 0.1) is 0 Å². The van der Waals surface area contributed by atoms with Crippen LogP contribution in [0.4, 0.5) is 11.6 Å². The van der Waals surface area contributed by atoms with E-state index >= 15 is 0 Å². The summed E-state index contributed by atoms with van der Waals surface area (Å²) in [5.74, 6) is 1.65. The fourth-order valence-corrected chi connectivity index (χ4v) is 2.02. The van der Waals surface area contributed by atoms with Crippen molar-refractivity contribution in [3.05, 3.63) is 29.8 Å². The van der Waals surface area contributed by atoms with Gasteiger partial charge in [-0.05, 0) is 12.0 Å². The maximum atomic E-state index is 5.90. The van der Waals surface area contributed by atoms with Crippen LogP contribution < -0.4 is 11.1 Å². The highest BCUT2D eigenvalue weighted by atomic mass is 15.2. The predicted molar refractivity (Wildman–Crippen MR) is 75.9 cm³/mol. The Bertz CT molecular complexity index is 546. The minimum Gasteiger partial charge on any atom is -0.383 e. The Hall–Kier alpha value is -2.11. The summed E-state index contributed by atoms with van der Waals surface area (Å²) in [4.78, 5) is 8.31. The third-order valence-electron chi connectivity index (χ3n) is 2.93. The molecule has 0 atom stereocenters. The first-order valence-electron chi connectivity index (χ1n) is 6.40. The van der Waals surface area contributed by atoms with Gasteiger partial charge in [0.2, 0.25) is 0 Å². The summed E-state index contributed by atoms with van der Waals surface area (Å²) in [5, 5.41) is 7.65. The van der Waals surface area contributed by atoms with E-state index in [4.69, 9.17) is 5.73 Å². The van der Waals surface area contributed by atoms with Crippen molar-refractivity contribution in [2.24, 2.45) is 7.05 Å². The first kappa shape index (κ1) is 13.3. The van der Waals surface area contributed by atoms with Crippen LogP contribution in [-0.4, -0.2) is 26.3 Å². The van der Waals surface area contributed by atoms with E-state index in [0.29, 0.717) is 11.7 Å². The highest BCUT2D eigenvalue weighted by Crippen LogP contribution is 2.25. The van der Waals surface area contributed by atoms with Gasteiger partial charge < -0.3 is 11.1 Å². The molecule has 0 radical (unpaired) electrons. The normalized spacial score (nSPS) is 10.9. The number of nitrogens with two attached hydrogens (primary N) is 1. The monoisotopic (exact) mass is 260 g/mol. The molecule has 2 rings (SSSR count). The van der Waals surface area contributed by atoms with E-state index in [-0.39, 0.29) is 0 Å². The van der Waals surface area contributed by atoms with E-state index in [1.165, 1.54) is 6.33 Å². The zero-order valence-electron chi connectivity index (χ0n) is 11.6. The topological polar surface area (TPSA) is 81.6 Å². The molecule has 2 aromatic heterocycles.